The van der Waals surface area contributed by atoms with Crippen molar-refractivity contribution < 1.29 is 14.3 Å². The SMILES string of the molecule is C=C(C)[C@@H]1C[C@]23C=C[C@]1(OC(C)=O)[C@@]2(C)CC[C@@H]1c2ccc(OC)cc2CC[C@H]13. The first kappa shape index (κ1) is 19.0. The fraction of sp³-hybridized carbons (Fsp3) is 0.577. The molecule has 3 nitrogen and oxygen atoms in total. The first-order chi connectivity index (χ1) is 13.8. The lowest BCUT2D eigenvalue weighted by Crippen LogP contribution is -2.54. The Morgan fingerprint density at radius 2 is 2.00 bits per heavy atom. The third-order valence-electron chi connectivity index (χ3n) is 9.06. The van der Waals surface area contributed by atoms with Gasteiger partial charge in [0.2, 0.25) is 0 Å². The molecular weight excluding hydrogens is 360 g/mol. The molecule has 5 rings (SSSR count). The molecule has 0 spiro atoms. The van der Waals surface area contributed by atoms with E-state index < -0.39 is 5.60 Å². The number of hydrogen-bond donors (Lipinski definition) is 0. The molecule has 0 radical (unpaired) electrons. The van der Waals surface area contributed by atoms with Gasteiger partial charge in [-0.05, 0) is 80.2 Å². The molecule has 0 N–H and O–H groups in total. The van der Waals surface area contributed by atoms with Gasteiger partial charge in [0.25, 0.3) is 0 Å². The summed E-state index contributed by atoms with van der Waals surface area (Å²) in [6.07, 6.45) is 10.3. The number of esters is 1. The summed E-state index contributed by atoms with van der Waals surface area (Å²) in [6.45, 7) is 10.4. The number of allylic oxidation sites excluding steroid dienone is 1. The van der Waals surface area contributed by atoms with E-state index in [2.05, 4.69) is 50.8 Å². The summed E-state index contributed by atoms with van der Waals surface area (Å²) in [5, 5.41) is 0. The average molecular weight is 393 g/mol. The Balaban J connectivity index is 1.61. The van der Waals surface area contributed by atoms with E-state index in [-0.39, 0.29) is 22.7 Å². The van der Waals surface area contributed by atoms with Gasteiger partial charge >= 0.3 is 5.97 Å². The molecule has 2 fully saturated rings. The van der Waals surface area contributed by atoms with Crippen molar-refractivity contribution in [1.82, 2.24) is 0 Å². The number of rotatable bonds is 3. The van der Waals surface area contributed by atoms with E-state index in [1.165, 1.54) is 17.5 Å². The Morgan fingerprint density at radius 1 is 1.21 bits per heavy atom. The second-order valence-electron chi connectivity index (χ2n) is 10.1. The normalized spacial score (nSPS) is 41.3. The quantitative estimate of drug-likeness (QED) is 0.496. The molecule has 0 heterocycles. The van der Waals surface area contributed by atoms with Gasteiger partial charge in [-0.3, -0.25) is 4.79 Å². The summed E-state index contributed by atoms with van der Waals surface area (Å²) >= 11 is 0. The molecule has 0 saturated heterocycles. The van der Waals surface area contributed by atoms with Crippen LogP contribution in [0.2, 0.25) is 0 Å². The molecular formula is C26H32O3. The van der Waals surface area contributed by atoms with Gasteiger partial charge in [-0.15, -0.1) is 0 Å². The molecule has 6 atom stereocenters. The molecule has 0 amide bonds. The summed E-state index contributed by atoms with van der Waals surface area (Å²) in [5.41, 5.74) is 3.59. The van der Waals surface area contributed by atoms with E-state index in [0.717, 1.165) is 37.0 Å². The number of carbonyl (C=O) groups excluding carboxylic acids is 1. The summed E-state index contributed by atoms with van der Waals surface area (Å²) in [7, 11) is 1.74. The number of benzene rings is 1. The van der Waals surface area contributed by atoms with E-state index in [1.807, 2.05) is 0 Å². The summed E-state index contributed by atoms with van der Waals surface area (Å²) in [6, 6.07) is 6.65. The molecule has 4 aliphatic rings. The summed E-state index contributed by atoms with van der Waals surface area (Å²) in [5.74, 6) is 2.14. The molecule has 29 heavy (non-hydrogen) atoms. The minimum Gasteiger partial charge on any atom is -0.497 e. The predicted octanol–water partition coefficient (Wildman–Crippen LogP) is 5.60. The largest absolute Gasteiger partial charge is 0.497 e. The van der Waals surface area contributed by atoms with E-state index in [9.17, 15) is 4.79 Å². The van der Waals surface area contributed by atoms with Crippen molar-refractivity contribution in [3.63, 3.8) is 0 Å². The van der Waals surface area contributed by atoms with Crippen LogP contribution in [0.25, 0.3) is 0 Å². The highest BCUT2D eigenvalue weighted by molar-refractivity contribution is 5.68. The van der Waals surface area contributed by atoms with Gasteiger partial charge in [-0.25, -0.2) is 0 Å². The number of ether oxygens (including phenoxy) is 2. The van der Waals surface area contributed by atoms with Crippen LogP contribution in [0.5, 0.6) is 5.75 Å². The lowest BCUT2D eigenvalue weighted by molar-refractivity contribution is -0.172. The molecule has 0 unspecified atom stereocenters. The molecule has 3 heteroatoms. The zero-order valence-electron chi connectivity index (χ0n) is 18.1. The van der Waals surface area contributed by atoms with Crippen molar-refractivity contribution in [2.45, 2.75) is 64.4 Å². The van der Waals surface area contributed by atoms with Crippen LogP contribution in [0.3, 0.4) is 0 Å². The fourth-order valence-corrected chi connectivity index (χ4v) is 7.83. The van der Waals surface area contributed by atoms with Gasteiger partial charge in [0.15, 0.2) is 0 Å². The number of aryl methyl sites for hydroxylation is 1. The Kier molecular flexibility index (Phi) is 3.92. The third kappa shape index (κ3) is 2.17. The smallest absolute Gasteiger partial charge is 0.303 e. The van der Waals surface area contributed by atoms with Crippen LogP contribution < -0.4 is 4.74 Å². The second-order valence-corrected chi connectivity index (χ2v) is 10.1. The fourth-order valence-electron chi connectivity index (χ4n) is 7.83. The van der Waals surface area contributed by atoms with Crippen LogP contribution in [0.1, 0.15) is 63.5 Å². The second kappa shape index (κ2) is 6.00. The first-order valence-electron chi connectivity index (χ1n) is 11.0. The van der Waals surface area contributed by atoms with Crippen molar-refractivity contribution >= 4 is 5.97 Å². The Labute approximate surface area is 174 Å². The molecule has 2 bridgehead atoms. The van der Waals surface area contributed by atoms with Gasteiger partial charge in [0, 0.05) is 23.7 Å². The summed E-state index contributed by atoms with van der Waals surface area (Å²) in [4.78, 5) is 12.2. The van der Waals surface area contributed by atoms with E-state index >= 15 is 0 Å². The lowest BCUT2D eigenvalue weighted by atomic mass is 9.48. The highest BCUT2D eigenvalue weighted by Crippen LogP contribution is 2.78. The van der Waals surface area contributed by atoms with Crippen molar-refractivity contribution in [3.05, 3.63) is 53.6 Å². The van der Waals surface area contributed by atoms with Gasteiger partial charge in [0.05, 0.1) is 7.11 Å². The molecule has 1 aromatic rings. The zero-order valence-corrected chi connectivity index (χ0v) is 18.1. The Hall–Kier alpha value is -2.03. The molecule has 154 valence electrons. The molecule has 0 aromatic heterocycles. The standard InChI is InChI=1S/C26H32O3/c1-16(2)23-15-25-12-13-26(23,29-17(3)27)24(25,4)11-10-21-20-8-7-19(28-5)14-18(20)6-9-22(21)25/h7-8,12-14,21-23H,1,6,9-11,15H2,2-5H3/t21-,22-,23+,24+,25+,26-/m1/s1. The number of methoxy groups -OCH3 is 1. The minimum atomic E-state index is -0.532. The van der Waals surface area contributed by atoms with E-state index in [4.69, 9.17) is 9.47 Å². The van der Waals surface area contributed by atoms with Gasteiger partial charge in [-0.1, -0.05) is 31.2 Å². The van der Waals surface area contributed by atoms with Crippen molar-refractivity contribution in [2.75, 3.05) is 7.11 Å². The van der Waals surface area contributed by atoms with E-state index in [1.54, 1.807) is 14.0 Å². The molecule has 2 saturated carbocycles. The maximum Gasteiger partial charge on any atom is 0.303 e. The predicted molar refractivity (Wildman–Crippen MR) is 114 cm³/mol. The van der Waals surface area contributed by atoms with Crippen molar-refractivity contribution in [2.24, 2.45) is 22.7 Å². The highest BCUT2D eigenvalue weighted by Gasteiger charge is 2.76. The van der Waals surface area contributed by atoms with Gasteiger partial charge in [0.1, 0.15) is 11.4 Å². The van der Waals surface area contributed by atoms with Crippen LogP contribution in [-0.4, -0.2) is 18.7 Å². The Morgan fingerprint density at radius 3 is 2.69 bits per heavy atom. The maximum absolute atomic E-state index is 12.2. The van der Waals surface area contributed by atoms with Gasteiger partial charge in [-0.2, -0.15) is 0 Å². The number of hydrogen-bond acceptors (Lipinski definition) is 3. The summed E-state index contributed by atoms with van der Waals surface area (Å²) < 4.78 is 11.7. The maximum atomic E-state index is 12.2. The number of carbonyl (C=O) groups is 1. The zero-order chi connectivity index (χ0) is 20.6. The van der Waals surface area contributed by atoms with Gasteiger partial charge < -0.3 is 9.47 Å². The topological polar surface area (TPSA) is 35.5 Å². The number of fused-ring (bicyclic) bond motifs is 3. The Bertz CT molecular complexity index is 930. The first-order valence-corrected chi connectivity index (χ1v) is 11.0. The molecule has 0 aliphatic heterocycles. The molecule has 4 aliphatic carbocycles. The van der Waals surface area contributed by atoms with Crippen LogP contribution in [0.4, 0.5) is 0 Å². The average Bonchev–Trinajstić information content (AvgIpc) is 3.07. The third-order valence-corrected chi connectivity index (χ3v) is 9.06. The van der Waals surface area contributed by atoms with E-state index in [0.29, 0.717) is 11.8 Å². The van der Waals surface area contributed by atoms with Crippen molar-refractivity contribution in [1.29, 1.82) is 0 Å². The monoisotopic (exact) mass is 392 g/mol. The molecule has 1 aromatic carbocycles. The van der Waals surface area contributed by atoms with Crippen LogP contribution in [0, 0.1) is 22.7 Å². The van der Waals surface area contributed by atoms with Crippen LogP contribution in [-0.2, 0) is 16.0 Å². The highest BCUT2D eigenvalue weighted by atomic mass is 16.6. The van der Waals surface area contributed by atoms with Crippen LogP contribution in [0.15, 0.2) is 42.5 Å². The van der Waals surface area contributed by atoms with Crippen molar-refractivity contribution in [3.8, 4) is 5.75 Å². The lowest BCUT2D eigenvalue weighted by Gasteiger charge is -2.56. The minimum absolute atomic E-state index is 0.0551. The van der Waals surface area contributed by atoms with Crippen LogP contribution >= 0.6 is 0 Å².